The van der Waals surface area contributed by atoms with E-state index in [0.717, 1.165) is 10.6 Å². The quantitative estimate of drug-likeness (QED) is 0.891. The molecule has 2 aromatic rings. The Morgan fingerprint density at radius 3 is 2.75 bits per heavy atom. The molecule has 0 saturated carbocycles. The van der Waals surface area contributed by atoms with Gasteiger partial charge in [-0.2, -0.15) is 0 Å². The molecule has 0 radical (unpaired) electrons. The maximum absolute atomic E-state index is 12.8. The Morgan fingerprint density at radius 2 is 2.08 bits per heavy atom. The maximum Gasteiger partial charge on any atom is 0.311 e. The minimum Gasteiger partial charge on any atom is -0.481 e. The van der Waals surface area contributed by atoms with E-state index in [0.29, 0.717) is 24.3 Å². The van der Waals surface area contributed by atoms with E-state index in [4.69, 9.17) is 0 Å². The van der Waals surface area contributed by atoms with E-state index in [2.05, 4.69) is 4.98 Å². The molecule has 0 aromatic carbocycles. The number of thiazole rings is 1. The van der Waals surface area contributed by atoms with Crippen LogP contribution >= 0.6 is 11.3 Å². The number of carboxylic acid groups (broad SMARTS) is 1. The highest BCUT2D eigenvalue weighted by Gasteiger charge is 2.40. The third kappa shape index (κ3) is 2.50. The SMILES string of the molecule is Cc1sc2ncc(C(=O)N3CCCC(C)(C(=O)O)C3)c(=O)n2c1C. The fraction of sp³-hybridized carbons (Fsp3) is 0.500. The number of carbonyl (C=O) groups excluding carboxylic acids is 1. The van der Waals surface area contributed by atoms with Gasteiger partial charge in [0.1, 0.15) is 5.56 Å². The van der Waals surface area contributed by atoms with Crippen molar-refractivity contribution in [2.24, 2.45) is 5.41 Å². The van der Waals surface area contributed by atoms with Gasteiger partial charge in [-0.05, 0) is 33.6 Å². The number of nitrogens with zero attached hydrogens (tertiary/aromatic N) is 3. The van der Waals surface area contributed by atoms with Crippen molar-refractivity contribution in [1.82, 2.24) is 14.3 Å². The fourth-order valence-electron chi connectivity index (χ4n) is 3.08. The number of likely N-dealkylation sites (tertiary alicyclic amines) is 1. The molecule has 2 aromatic heterocycles. The van der Waals surface area contributed by atoms with Crippen LogP contribution in [0.2, 0.25) is 0 Å². The smallest absolute Gasteiger partial charge is 0.311 e. The molecule has 1 amide bonds. The lowest BCUT2D eigenvalue weighted by Crippen LogP contribution is -2.49. The third-order valence-corrected chi connectivity index (χ3v) is 5.82. The van der Waals surface area contributed by atoms with Gasteiger partial charge in [-0.25, -0.2) is 4.98 Å². The maximum atomic E-state index is 12.8. The van der Waals surface area contributed by atoms with Crippen molar-refractivity contribution < 1.29 is 14.7 Å². The fourth-order valence-corrected chi connectivity index (χ4v) is 4.01. The average Bonchev–Trinajstić information content (AvgIpc) is 2.82. The van der Waals surface area contributed by atoms with Gasteiger partial charge in [0.2, 0.25) is 0 Å². The van der Waals surface area contributed by atoms with Crippen LogP contribution in [0, 0.1) is 19.3 Å². The molecule has 1 aliphatic heterocycles. The van der Waals surface area contributed by atoms with Crippen molar-refractivity contribution in [3.63, 3.8) is 0 Å². The lowest BCUT2D eigenvalue weighted by Gasteiger charge is -2.37. The van der Waals surface area contributed by atoms with E-state index in [9.17, 15) is 19.5 Å². The van der Waals surface area contributed by atoms with E-state index in [1.165, 1.54) is 26.8 Å². The standard InChI is InChI=1S/C16H19N3O4S/c1-9-10(2)24-15-17-7-11(13(21)19(9)15)12(20)18-6-4-5-16(3,8-18)14(22)23/h7H,4-6,8H2,1-3H3,(H,22,23). The van der Waals surface area contributed by atoms with Crippen LogP contribution in [0.1, 0.15) is 40.7 Å². The monoisotopic (exact) mass is 349 g/mol. The highest BCUT2D eigenvalue weighted by molar-refractivity contribution is 7.17. The number of aryl methyl sites for hydroxylation is 2. The van der Waals surface area contributed by atoms with Gasteiger partial charge < -0.3 is 10.0 Å². The number of rotatable bonds is 2. The second-order valence-electron chi connectivity index (χ2n) is 6.53. The second-order valence-corrected chi connectivity index (χ2v) is 7.72. The first-order valence-electron chi connectivity index (χ1n) is 7.75. The Hall–Kier alpha value is -2.22. The molecular weight excluding hydrogens is 330 g/mol. The first kappa shape index (κ1) is 16.6. The first-order chi connectivity index (χ1) is 11.2. The molecular formula is C16H19N3O4S. The summed E-state index contributed by atoms with van der Waals surface area (Å²) < 4.78 is 1.45. The lowest BCUT2D eigenvalue weighted by molar-refractivity contribution is -0.150. The third-order valence-electron chi connectivity index (χ3n) is 4.75. The summed E-state index contributed by atoms with van der Waals surface area (Å²) >= 11 is 1.40. The van der Waals surface area contributed by atoms with Gasteiger partial charge in [0.15, 0.2) is 4.96 Å². The zero-order valence-electron chi connectivity index (χ0n) is 13.8. The normalized spacial score (nSPS) is 21.2. The molecule has 1 aliphatic rings. The van der Waals surface area contributed by atoms with Crippen LogP contribution in [0.15, 0.2) is 11.0 Å². The van der Waals surface area contributed by atoms with Crippen LogP contribution in [0.5, 0.6) is 0 Å². The van der Waals surface area contributed by atoms with Crippen LogP contribution < -0.4 is 5.56 Å². The summed E-state index contributed by atoms with van der Waals surface area (Å²) in [4.78, 5) is 44.2. The van der Waals surface area contributed by atoms with Crippen LogP contribution in [0.25, 0.3) is 4.96 Å². The van der Waals surface area contributed by atoms with Crippen molar-refractivity contribution in [1.29, 1.82) is 0 Å². The number of hydrogen-bond acceptors (Lipinski definition) is 5. The highest BCUT2D eigenvalue weighted by Crippen LogP contribution is 2.30. The molecule has 0 aliphatic carbocycles. The molecule has 0 spiro atoms. The average molecular weight is 349 g/mol. The molecule has 1 N–H and O–H groups in total. The number of hydrogen-bond donors (Lipinski definition) is 1. The zero-order chi connectivity index (χ0) is 17.6. The molecule has 1 fully saturated rings. The Kier molecular flexibility index (Phi) is 3.95. The van der Waals surface area contributed by atoms with E-state index in [1.54, 1.807) is 6.92 Å². The van der Waals surface area contributed by atoms with E-state index in [1.807, 2.05) is 13.8 Å². The molecule has 3 heterocycles. The Labute approximate surface area is 142 Å². The second kappa shape index (κ2) is 5.70. The number of aromatic nitrogens is 2. The summed E-state index contributed by atoms with van der Waals surface area (Å²) in [6, 6.07) is 0. The molecule has 1 unspecified atom stereocenters. The molecule has 24 heavy (non-hydrogen) atoms. The molecule has 0 bridgehead atoms. The van der Waals surface area contributed by atoms with Crippen molar-refractivity contribution in [3.8, 4) is 0 Å². The van der Waals surface area contributed by atoms with Crippen LogP contribution in [0.3, 0.4) is 0 Å². The molecule has 1 atom stereocenters. The minimum absolute atomic E-state index is 0.0111. The van der Waals surface area contributed by atoms with Gasteiger partial charge in [0, 0.05) is 29.9 Å². The van der Waals surface area contributed by atoms with Crippen molar-refractivity contribution in [2.45, 2.75) is 33.6 Å². The van der Waals surface area contributed by atoms with Crippen molar-refractivity contribution in [2.75, 3.05) is 13.1 Å². The van der Waals surface area contributed by atoms with E-state index < -0.39 is 22.9 Å². The topological polar surface area (TPSA) is 92.0 Å². The van der Waals surface area contributed by atoms with E-state index in [-0.39, 0.29) is 12.1 Å². The number of carbonyl (C=O) groups is 2. The molecule has 8 heteroatoms. The molecule has 1 saturated heterocycles. The van der Waals surface area contributed by atoms with Gasteiger partial charge >= 0.3 is 5.97 Å². The summed E-state index contributed by atoms with van der Waals surface area (Å²) in [6.45, 7) is 5.91. The minimum atomic E-state index is -0.976. The molecule has 128 valence electrons. The van der Waals surface area contributed by atoms with Crippen molar-refractivity contribution >= 4 is 28.2 Å². The molecule has 7 nitrogen and oxygen atoms in total. The van der Waals surface area contributed by atoms with E-state index >= 15 is 0 Å². The number of fused-ring (bicyclic) bond motifs is 1. The summed E-state index contributed by atoms with van der Waals surface area (Å²) in [5.74, 6) is -1.37. The summed E-state index contributed by atoms with van der Waals surface area (Å²) in [7, 11) is 0. The summed E-state index contributed by atoms with van der Waals surface area (Å²) in [6.07, 6.45) is 2.43. The van der Waals surface area contributed by atoms with Crippen LogP contribution in [-0.2, 0) is 4.79 Å². The summed E-state index contributed by atoms with van der Waals surface area (Å²) in [5, 5.41) is 9.39. The number of piperidine rings is 1. The Morgan fingerprint density at radius 1 is 1.38 bits per heavy atom. The van der Waals surface area contributed by atoms with Gasteiger partial charge in [-0.3, -0.25) is 18.8 Å². The van der Waals surface area contributed by atoms with Gasteiger partial charge in [0.05, 0.1) is 5.41 Å². The van der Waals surface area contributed by atoms with Crippen LogP contribution in [-0.4, -0.2) is 44.4 Å². The Bertz CT molecular complexity index is 901. The largest absolute Gasteiger partial charge is 0.481 e. The molecule has 3 rings (SSSR count). The van der Waals surface area contributed by atoms with Crippen molar-refractivity contribution in [3.05, 3.63) is 32.7 Å². The number of amides is 1. The first-order valence-corrected chi connectivity index (χ1v) is 8.57. The number of carboxylic acids is 1. The van der Waals surface area contributed by atoms with Gasteiger partial charge in [-0.15, -0.1) is 11.3 Å². The Balaban J connectivity index is 2.00. The van der Waals surface area contributed by atoms with Crippen LogP contribution in [0.4, 0.5) is 0 Å². The summed E-state index contributed by atoms with van der Waals surface area (Å²) in [5.41, 5.74) is -0.607. The van der Waals surface area contributed by atoms with Gasteiger partial charge in [-0.1, -0.05) is 0 Å². The van der Waals surface area contributed by atoms with Gasteiger partial charge in [0.25, 0.3) is 11.5 Å². The zero-order valence-corrected chi connectivity index (χ0v) is 14.6. The highest BCUT2D eigenvalue weighted by atomic mass is 32.1. The number of aliphatic carboxylic acids is 1. The predicted molar refractivity (Wildman–Crippen MR) is 89.7 cm³/mol. The lowest BCUT2D eigenvalue weighted by atomic mass is 9.82. The predicted octanol–water partition coefficient (Wildman–Crippen LogP) is 1.70.